The van der Waals surface area contributed by atoms with Crippen LogP contribution in [0.5, 0.6) is 0 Å². The number of rotatable bonds is 4. The molecule has 0 aliphatic carbocycles. The first-order valence-corrected chi connectivity index (χ1v) is 8.82. The van der Waals surface area contributed by atoms with E-state index in [1.165, 1.54) is 6.92 Å². The molecule has 1 aliphatic rings. The Labute approximate surface area is 119 Å². The van der Waals surface area contributed by atoms with Crippen LogP contribution in [0.25, 0.3) is 0 Å². The Hall–Kier alpha value is -1.37. The Morgan fingerprint density at radius 1 is 1.45 bits per heavy atom. The van der Waals surface area contributed by atoms with Gasteiger partial charge in [-0.15, -0.1) is 0 Å². The average molecular weight is 299 g/mol. The van der Waals surface area contributed by atoms with Gasteiger partial charge in [-0.25, -0.2) is 8.42 Å². The van der Waals surface area contributed by atoms with Crippen molar-refractivity contribution in [3.63, 3.8) is 0 Å². The van der Waals surface area contributed by atoms with Crippen LogP contribution in [0.4, 0.5) is 0 Å². The first-order chi connectivity index (χ1) is 9.39. The van der Waals surface area contributed by atoms with Crippen molar-refractivity contribution >= 4 is 15.7 Å². The average Bonchev–Trinajstić information content (AvgIpc) is 2.89. The third kappa shape index (κ3) is 3.39. The maximum atomic E-state index is 12.4. The number of carbonyl (C=O) groups is 1. The Kier molecular flexibility index (Phi) is 4.47. The van der Waals surface area contributed by atoms with Crippen molar-refractivity contribution in [1.29, 1.82) is 0 Å². The fraction of sp³-hybridized carbons (Fsp3) is 0.692. The lowest BCUT2D eigenvalue weighted by Crippen LogP contribution is -2.50. The molecule has 1 aromatic rings. The number of amides is 1. The molecule has 112 valence electrons. The lowest BCUT2D eigenvalue weighted by Gasteiger charge is -2.37. The van der Waals surface area contributed by atoms with Crippen molar-refractivity contribution < 1.29 is 13.2 Å². The maximum absolute atomic E-state index is 12.4. The minimum Gasteiger partial charge on any atom is -0.337 e. The van der Waals surface area contributed by atoms with Crippen LogP contribution < -0.4 is 0 Å². The Balaban J connectivity index is 2.12. The lowest BCUT2D eigenvalue weighted by molar-refractivity contribution is -0.134. The molecule has 20 heavy (non-hydrogen) atoms. The summed E-state index contributed by atoms with van der Waals surface area (Å²) in [4.78, 5) is 14.1. The molecule has 0 spiro atoms. The molecular weight excluding hydrogens is 278 g/mol. The molecule has 0 N–H and O–H groups in total. The van der Waals surface area contributed by atoms with E-state index in [2.05, 4.69) is 5.10 Å². The van der Waals surface area contributed by atoms with Gasteiger partial charge in [0.25, 0.3) is 0 Å². The van der Waals surface area contributed by atoms with Gasteiger partial charge in [-0.2, -0.15) is 5.10 Å². The summed E-state index contributed by atoms with van der Waals surface area (Å²) in [5, 5.41) is 3.19. The van der Waals surface area contributed by atoms with Crippen LogP contribution in [0.1, 0.15) is 26.2 Å². The van der Waals surface area contributed by atoms with Gasteiger partial charge in [0.2, 0.25) is 5.91 Å². The normalized spacial score (nSPS) is 21.7. The van der Waals surface area contributed by atoms with Crippen molar-refractivity contribution in [3.8, 4) is 0 Å². The maximum Gasteiger partial charge on any atom is 0.240 e. The van der Waals surface area contributed by atoms with Gasteiger partial charge in [0.1, 0.15) is 5.25 Å². The Morgan fingerprint density at radius 2 is 2.20 bits per heavy atom. The second-order valence-electron chi connectivity index (χ2n) is 5.38. The van der Waals surface area contributed by atoms with Crippen LogP contribution in [0, 0.1) is 0 Å². The van der Waals surface area contributed by atoms with Crippen LogP contribution in [0.15, 0.2) is 18.5 Å². The zero-order valence-electron chi connectivity index (χ0n) is 11.9. The van der Waals surface area contributed by atoms with Gasteiger partial charge in [-0.1, -0.05) is 0 Å². The van der Waals surface area contributed by atoms with Gasteiger partial charge in [0, 0.05) is 25.2 Å². The van der Waals surface area contributed by atoms with Gasteiger partial charge in [0.15, 0.2) is 9.84 Å². The van der Waals surface area contributed by atoms with E-state index in [1.54, 1.807) is 15.8 Å². The zero-order valence-corrected chi connectivity index (χ0v) is 12.7. The number of carbonyl (C=O) groups excluding carboxylic acids is 1. The number of nitrogens with zero attached hydrogens (tertiary/aromatic N) is 3. The molecule has 0 aromatic carbocycles. The molecule has 0 unspecified atom stereocenters. The van der Waals surface area contributed by atoms with E-state index < -0.39 is 15.1 Å². The first kappa shape index (κ1) is 15.0. The third-order valence-electron chi connectivity index (χ3n) is 3.86. The number of likely N-dealkylation sites (tertiary alicyclic amines) is 1. The summed E-state index contributed by atoms with van der Waals surface area (Å²) in [5.41, 5.74) is 0. The minimum absolute atomic E-state index is 0.0281. The fourth-order valence-electron chi connectivity index (χ4n) is 2.52. The zero-order chi connectivity index (χ0) is 14.8. The van der Waals surface area contributed by atoms with E-state index in [9.17, 15) is 13.2 Å². The van der Waals surface area contributed by atoms with Crippen LogP contribution in [-0.2, 0) is 21.2 Å². The highest BCUT2D eigenvalue weighted by molar-refractivity contribution is 7.92. The van der Waals surface area contributed by atoms with Crippen LogP contribution in [0.2, 0.25) is 0 Å². The van der Waals surface area contributed by atoms with Crippen molar-refractivity contribution in [3.05, 3.63) is 18.5 Å². The summed E-state index contributed by atoms with van der Waals surface area (Å²) < 4.78 is 24.9. The smallest absolute Gasteiger partial charge is 0.240 e. The highest BCUT2D eigenvalue weighted by Gasteiger charge is 2.33. The highest BCUT2D eigenvalue weighted by atomic mass is 32.2. The van der Waals surface area contributed by atoms with Crippen LogP contribution >= 0.6 is 0 Å². The Bertz CT molecular complexity index is 553. The molecule has 0 saturated carbocycles. The molecule has 2 heterocycles. The monoisotopic (exact) mass is 299 g/mol. The summed E-state index contributed by atoms with van der Waals surface area (Å²) in [6.07, 6.45) is 7.55. The summed E-state index contributed by atoms with van der Waals surface area (Å²) in [7, 11) is -3.35. The van der Waals surface area contributed by atoms with E-state index in [1.807, 2.05) is 12.3 Å². The minimum atomic E-state index is -3.35. The Morgan fingerprint density at radius 3 is 2.80 bits per heavy atom. The molecule has 1 fully saturated rings. The number of sulfone groups is 1. The van der Waals surface area contributed by atoms with Crippen LogP contribution in [-0.4, -0.2) is 53.1 Å². The molecule has 1 aromatic heterocycles. The second-order valence-corrected chi connectivity index (χ2v) is 7.75. The topological polar surface area (TPSA) is 72.3 Å². The van der Waals surface area contributed by atoms with Gasteiger partial charge >= 0.3 is 0 Å². The van der Waals surface area contributed by atoms with E-state index in [4.69, 9.17) is 0 Å². The first-order valence-electron chi connectivity index (χ1n) is 6.86. The van der Waals surface area contributed by atoms with Crippen molar-refractivity contribution in [2.24, 2.45) is 0 Å². The number of hydrogen-bond donors (Lipinski definition) is 0. The quantitative estimate of drug-likeness (QED) is 0.820. The molecular formula is C13H21N3O3S. The van der Waals surface area contributed by atoms with E-state index >= 15 is 0 Å². The molecule has 2 atom stereocenters. The van der Waals surface area contributed by atoms with Gasteiger partial charge in [0.05, 0.1) is 12.6 Å². The SMILES string of the molecule is C[C@H](C(=O)N1CCCC[C@@H]1Cn1cccn1)S(C)(=O)=O. The second kappa shape index (κ2) is 5.95. The predicted molar refractivity (Wildman–Crippen MR) is 75.9 cm³/mol. The molecule has 1 saturated heterocycles. The molecule has 0 radical (unpaired) electrons. The largest absolute Gasteiger partial charge is 0.337 e. The van der Waals surface area contributed by atoms with E-state index in [0.717, 1.165) is 25.5 Å². The molecule has 0 bridgehead atoms. The van der Waals surface area contributed by atoms with Gasteiger partial charge in [-0.3, -0.25) is 9.48 Å². The summed E-state index contributed by atoms with van der Waals surface area (Å²) in [6, 6.07) is 1.87. The molecule has 1 amide bonds. The van der Waals surface area contributed by atoms with Gasteiger partial charge in [-0.05, 0) is 32.3 Å². The van der Waals surface area contributed by atoms with Gasteiger partial charge < -0.3 is 4.90 Å². The lowest BCUT2D eigenvalue weighted by atomic mass is 10.0. The molecule has 6 nitrogen and oxygen atoms in total. The molecule has 1 aliphatic heterocycles. The highest BCUT2D eigenvalue weighted by Crippen LogP contribution is 2.20. The standard InChI is InChI=1S/C13H21N3O3S/c1-11(20(2,18)19)13(17)16-9-4-3-6-12(16)10-15-8-5-7-14-15/h5,7-8,11-12H,3-4,6,9-10H2,1-2H3/t11-,12-/m1/s1. The summed E-state index contributed by atoms with van der Waals surface area (Å²) in [5.74, 6) is -0.288. The third-order valence-corrected chi connectivity index (χ3v) is 5.34. The molecule has 7 heteroatoms. The number of aromatic nitrogens is 2. The van der Waals surface area contributed by atoms with Crippen molar-refractivity contribution in [1.82, 2.24) is 14.7 Å². The van der Waals surface area contributed by atoms with Crippen molar-refractivity contribution in [2.75, 3.05) is 12.8 Å². The fourth-order valence-corrected chi connectivity index (χ4v) is 3.02. The number of piperidine rings is 1. The summed E-state index contributed by atoms with van der Waals surface area (Å²) >= 11 is 0. The summed E-state index contributed by atoms with van der Waals surface area (Å²) in [6.45, 7) is 2.72. The predicted octanol–water partition coefficient (Wildman–Crippen LogP) is 0.697. The van der Waals surface area contributed by atoms with E-state index in [-0.39, 0.29) is 11.9 Å². The number of hydrogen-bond acceptors (Lipinski definition) is 4. The van der Waals surface area contributed by atoms with Crippen LogP contribution in [0.3, 0.4) is 0 Å². The molecule has 2 rings (SSSR count). The van der Waals surface area contributed by atoms with Crippen molar-refractivity contribution in [2.45, 2.75) is 44.0 Å². The van der Waals surface area contributed by atoms with E-state index in [0.29, 0.717) is 13.1 Å².